The molecular weight excluding hydrogens is 477 g/mol. The molecule has 9 heteroatoms. The highest BCUT2D eigenvalue weighted by molar-refractivity contribution is 5.94. The third-order valence-corrected chi connectivity index (χ3v) is 8.65. The fourth-order valence-electron chi connectivity index (χ4n) is 6.36. The third kappa shape index (κ3) is 3.03. The number of cyclic esters (lactones) is 1. The van der Waals surface area contributed by atoms with E-state index in [9.17, 15) is 23.9 Å². The second-order valence-electron chi connectivity index (χ2n) is 10.7. The number of hydrogen-bond acceptors (Lipinski definition) is 6. The molecule has 4 heterocycles. The molecule has 3 aromatic rings. The van der Waals surface area contributed by atoms with Crippen molar-refractivity contribution in [1.29, 1.82) is 0 Å². The molecule has 8 nitrogen and oxygen atoms in total. The van der Waals surface area contributed by atoms with Gasteiger partial charge in [-0.15, -0.1) is 0 Å². The molecule has 2 aromatic heterocycles. The second-order valence-corrected chi connectivity index (χ2v) is 10.7. The van der Waals surface area contributed by atoms with E-state index >= 15 is 0 Å². The molecule has 0 spiro atoms. The minimum atomic E-state index is -1.32. The highest BCUT2D eigenvalue weighted by Crippen LogP contribution is 2.46. The van der Waals surface area contributed by atoms with Crippen LogP contribution in [-0.2, 0) is 33.9 Å². The summed E-state index contributed by atoms with van der Waals surface area (Å²) in [5.74, 6) is -1.61. The van der Waals surface area contributed by atoms with Crippen LogP contribution in [-0.4, -0.2) is 32.1 Å². The molecule has 0 radical (unpaired) electrons. The summed E-state index contributed by atoms with van der Waals surface area (Å²) >= 11 is 0. The lowest BCUT2D eigenvalue weighted by Gasteiger charge is -2.30. The minimum absolute atomic E-state index is 0.0613. The van der Waals surface area contributed by atoms with Gasteiger partial charge in [-0.3, -0.25) is 14.4 Å². The molecule has 2 N–H and O–H groups in total. The topological polar surface area (TPSA) is 111 Å². The first kappa shape index (κ1) is 22.6. The molecule has 7 rings (SSSR count). The van der Waals surface area contributed by atoms with Crippen LogP contribution in [0, 0.1) is 12.7 Å². The predicted molar refractivity (Wildman–Crippen MR) is 131 cm³/mol. The fraction of sp³-hybridized carbons (Fsp3) is 0.429. The van der Waals surface area contributed by atoms with Gasteiger partial charge < -0.3 is 19.7 Å². The van der Waals surface area contributed by atoms with Crippen LogP contribution in [0.5, 0.6) is 0 Å². The number of benzene rings is 1. The highest BCUT2D eigenvalue weighted by atomic mass is 19.1. The lowest BCUT2D eigenvalue weighted by Crippen LogP contribution is -2.40. The molecule has 1 fully saturated rings. The van der Waals surface area contributed by atoms with E-state index in [1.807, 2.05) is 13.0 Å². The summed E-state index contributed by atoms with van der Waals surface area (Å²) < 4.78 is 21.9. The van der Waals surface area contributed by atoms with Crippen LogP contribution in [0.15, 0.2) is 16.9 Å². The van der Waals surface area contributed by atoms with E-state index in [4.69, 9.17) is 9.72 Å². The summed E-state index contributed by atoms with van der Waals surface area (Å²) in [5, 5.41) is 14.3. The Labute approximate surface area is 211 Å². The van der Waals surface area contributed by atoms with Gasteiger partial charge in [-0.1, -0.05) is 6.92 Å². The number of hydrogen-bond donors (Lipinski definition) is 2. The first-order valence-electron chi connectivity index (χ1n) is 12.8. The highest BCUT2D eigenvalue weighted by Gasteiger charge is 2.49. The largest absolute Gasteiger partial charge is 0.460 e. The summed E-state index contributed by atoms with van der Waals surface area (Å²) in [7, 11) is 0. The van der Waals surface area contributed by atoms with Crippen molar-refractivity contribution >= 4 is 22.8 Å². The van der Waals surface area contributed by atoms with Crippen LogP contribution >= 0.6 is 0 Å². The molecule has 2 aliphatic carbocycles. The number of pyridine rings is 2. The zero-order valence-electron chi connectivity index (χ0n) is 20.6. The number of aromatic nitrogens is 2. The van der Waals surface area contributed by atoms with Gasteiger partial charge in [0, 0.05) is 17.0 Å². The van der Waals surface area contributed by atoms with Crippen molar-refractivity contribution in [1.82, 2.24) is 14.9 Å². The summed E-state index contributed by atoms with van der Waals surface area (Å²) in [5.41, 5.74) is 4.29. The van der Waals surface area contributed by atoms with Gasteiger partial charge in [-0.05, 0) is 67.3 Å². The zero-order chi connectivity index (χ0) is 25.8. The Balaban J connectivity index is 1.48. The van der Waals surface area contributed by atoms with Gasteiger partial charge in [0.1, 0.15) is 18.0 Å². The second kappa shape index (κ2) is 7.47. The molecule has 4 aliphatic rings. The maximum absolute atomic E-state index is 15.0. The molecule has 1 amide bonds. The number of ether oxygens (including phenoxy) is 1. The number of carbonyl (C=O) groups excluding carboxylic acids is 2. The van der Waals surface area contributed by atoms with Crippen molar-refractivity contribution in [2.45, 2.75) is 76.7 Å². The van der Waals surface area contributed by atoms with Gasteiger partial charge in [-0.25, -0.2) is 9.37 Å². The SMILES string of the molecule is CCC1C(=O)OCc2c1cc1n(c2=O)Cc2c-1nc1cc(F)c(C)c3c1c2C(NC(=O)C1(O)CC1)CC3. The van der Waals surface area contributed by atoms with Crippen LogP contribution in [0.4, 0.5) is 4.39 Å². The van der Waals surface area contributed by atoms with Crippen LogP contribution in [0.25, 0.3) is 22.3 Å². The summed E-state index contributed by atoms with van der Waals surface area (Å²) in [6.45, 7) is 3.83. The molecule has 0 saturated heterocycles. The molecular formula is C28H26FN3O5. The van der Waals surface area contributed by atoms with E-state index in [-0.39, 0.29) is 30.5 Å². The predicted octanol–water partition coefficient (Wildman–Crippen LogP) is 3.05. The van der Waals surface area contributed by atoms with Crippen LogP contribution in [0.3, 0.4) is 0 Å². The maximum atomic E-state index is 15.0. The van der Waals surface area contributed by atoms with Crippen molar-refractivity contribution in [3.63, 3.8) is 0 Å². The van der Waals surface area contributed by atoms with E-state index in [0.717, 1.165) is 22.1 Å². The normalized spacial score (nSPS) is 22.2. The Morgan fingerprint density at radius 3 is 2.78 bits per heavy atom. The van der Waals surface area contributed by atoms with Gasteiger partial charge in [0.25, 0.3) is 11.5 Å². The molecule has 1 aromatic carbocycles. The van der Waals surface area contributed by atoms with Gasteiger partial charge in [-0.2, -0.15) is 0 Å². The maximum Gasteiger partial charge on any atom is 0.313 e. The third-order valence-electron chi connectivity index (χ3n) is 8.65. The lowest BCUT2D eigenvalue weighted by atomic mass is 9.81. The van der Waals surface area contributed by atoms with E-state index < -0.39 is 23.5 Å². The summed E-state index contributed by atoms with van der Waals surface area (Å²) in [6.07, 6.45) is 2.48. The first-order valence-corrected chi connectivity index (χ1v) is 12.8. The van der Waals surface area contributed by atoms with Crippen molar-refractivity contribution in [2.75, 3.05) is 0 Å². The van der Waals surface area contributed by atoms with Crippen molar-refractivity contribution < 1.29 is 23.8 Å². The minimum Gasteiger partial charge on any atom is -0.460 e. The number of nitrogens with one attached hydrogen (secondary N) is 1. The average Bonchev–Trinajstić information content (AvgIpc) is 3.53. The lowest BCUT2D eigenvalue weighted by molar-refractivity contribution is -0.148. The number of aryl methyl sites for hydroxylation is 1. The monoisotopic (exact) mass is 503 g/mol. The molecule has 2 aliphatic heterocycles. The van der Waals surface area contributed by atoms with Crippen molar-refractivity contribution in [3.8, 4) is 11.4 Å². The van der Waals surface area contributed by atoms with Gasteiger partial charge in [0.05, 0.1) is 41.0 Å². The Hall–Kier alpha value is -3.59. The molecule has 2 atom stereocenters. The molecule has 2 unspecified atom stereocenters. The molecule has 1 saturated carbocycles. The zero-order valence-corrected chi connectivity index (χ0v) is 20.6. The Morgan fingerprint density at radius 1 is 1.27 bits per heavy atom. The Kier molecular flexibility index (Phi) is 4.56. The number of amides is 1. The van der Waals surface area contributed by atoms with E-state index in [2.05, 4.69) is 5.32 Å². The number of aliphatic hydroxyl groups is 1. The van der Waals surface area contributed by atoms with E-state index in [1.165, 1.54) is 6.07 Å². The number of esters is 1. The van der Waals surface area contributed by atoms with Gasteiger partial charge in [0.2, 0.25) is 0 Å². The number of rotatable bonds is 3. The number of carbonyl (C=O) groups is 2. The van der Waals surface area contributed by atoms with E-state index in [1.54, 1.807) is 11.5 Å². The van der Waals surface area contributed by atoms with Crippen molar-refractivity contribution in [2.24, 2.45) is 0 Å². The molecule has 37 heavy (non-hydrogen) atoms. The number of fused-ring (bicyclic) bond motifs is 5. The molecule has 190 valence electrons. The van der Waals surface area contributed by atoms with Crippen LogP contribution in [0.1, 0.15) is 77.9 Å². The van der Waals surface area contributed by atoms with Crippen LogP contribution in [0.2, 0.25) is 0 Å². The number of halogens is 1. The summed E-state index contributed by atoms with van der Waals surface area (Å²) in [4.78, 5) is 43.7. The van der Waals surface area contributed by atoms with E-state index in [0.29, 0.717) is 65.7 Å². The Morgan fingerprint density at radius 2 is 2.05 bits per heavy atom. The van der Waals surface area contributed by atoms with Crippen molar-refractivity contribution in [3.05, 3.63) is 61.7 Å². The average molecular weight is 504 g/mol. The molecule has 0 bridgehead atoms. The van der Waals surface area contributed by atoms with Gasteiger partial charge in [0.15, 0.2) is 0 Å². The first-order chi connectivity index (χ1) is 17.7. The smallest absolute Gasteiger partial charge is 0.313 e. The van der Waals surface area contributed by atoms with Crippen LogP contribution < -0.4 is 10.9 Å². The Bertz CT molecular complexity index is 1640. The van der Waals surface area contributed by atoms with Gasteiger partial charge >= 0.3 is 5.97 Å². The quantitative estimate of drug-likeness (QED) is 0.416. The summed E-state index contributed by atoms with van der Waals surface area (Å²) in [6, 6.07) is 2.88. The fourth-order valence-corrected chi connectivity index (χ4v) is 6.36. The number of nitrogens with zero attached hydrogens (tertiary/aromatic N) is 2. The standard InChI is InChI=1S/C28H26FN3O5/c1-3-13-15-8-21-24-16(10-32(21)25(33)17(15)11-37-26(13)34)23-19(31-27(35)28(36)6-7-28)5-4-14-12(2)18(29)9-20(30-24)22(14)23/h8-9,13,19,36H,3-7,10-11H2,1-2H3,(H,31,35).